The Balaban J connectivity index is 1.28. The maximum absolute atomic E-state index is 13.4. The van der Waals surface area contributed by atoms with Crippen LogP contribution in [0.4, 0.5) is 60.5 Å². The molecule has 274 valence electrons. The number of ether oxygens (including phenoxy) is 2. The summed E-state index contributed by atoms with van der Waals surface area (Å²) in [7, 11) is 0. The smallest absolute Gasteiger partial charge is 0.406 e. The number of para-hydroxylation sites is 2. The third kappa shape index (κ3) is 6.09. The van der Waals surface area contributed by atoms with Crippen LogP contribution in [0.15, 0.2) is 133 Å². The zero-order chi connectivity index (χ0) is 38.2. The van der Waals surface area contributed by atoms with Crippen LogP contribution < -0.4 is 19.3 Å². The molecule has 0 unspecified atom stereocenters. The van der Waals surface area contributed by atoms with Crippen molar-refractivity contribution in [1.82, 2.24) is 0 Å². The van der Waals surface area contributed by atoms with Gasteiger partial charge in [-0.25, -0.2) is 0 Å². The van der Waals surface area contributed by atoms with Crippen LogP contribution in [-0.2, 0) is 10.8 Å². The zero-order valence-corrected chi connectivity index (χ0v) is 29.7. The number of anilines is 6. The molecule has 2 aliphatic heterocycles. The normalized spacial score (nSPS) is 15.4. The molecule has 2 heterocycles. The van der Waals surface area contributed by atoms with Gasteiger partial charge in [-0.05, 0) is 118 Å². The molecule has 0 radical (unpaired) electrons. The monoisotopic (exact) mass is 736 g/mol. The van der Waals surface area contributed by atoms with E-state index in [1.807, 2.05) is 122 Å². The molecule has 0 fully saturated rings. The second-order valence-electron chi connectivity index (χ2n) is 14.5. The number of fused-ring (bicyclic) bond motifs is 4. The maximum Gasteiger partial charge on any atom is 0.573 e. The van der Waals surface area contributed by atoms with E-state index in [1.165, 1.54) is 24.3 Å². The van der Waals surface area contributed by atoms with Crippen LogP contribution in [0, 0.1) is 0 Å². The van der Waals surface area contributed by atoms with E-state index in [0.717, 1.165) is 56.4 Å². The second-order valence-corrected chi connectivity index (χ2v) is 14.5. The van der Waals surface area contributed by atoms with Gasteiger partial charge in [-0.1, -0.05) is 76.2 Å². The number of hydrogen-bond donors (Lipinski definition) is 0. The fourth-order valence-electron chi connectivity index (χ4n) is 7.90. The van der Waals surface area contributed by atoms with Gasteiger partial charge in [0.15, 0.2) is 0 Å². The van der Waals surface area contributed by atoms with Gasteiger partial charge in [0.05, 0.1) is 22.7 Å². The summed E-state index contributed by atoms with van der Waals surface area (Å²) in [6, 6.07) is 40.4. The first-order valence-electron chi connectivity index (χ1n) is 17.3. The maximum atomic E-state index is 13.4. The first kappa shape index (κ1) is 35.1. The molecule has 0 N–H and O–H groups in total. The number of rotatable bonds is 5. The summed E-state index contributed by atoms with van der Waals surface area (Å²) in [6.45, 7) is 7.94. The van der Waals surface area contributed by atoms with Gasteiger partial charge in [0.25, 0.3) is 0 Å². The predicted octanol–water partition coefficient (Wildman–Crippen LogP) is 13.4. The minimum Gasteiger partial charge on any atom is -0.406 e. The van der Waals surface area contributed by atoms with E-state index in [9.17, 15) is 26.3 Å². The number of nitrogens with zero attached hydrogens (tertiary/aromatic N) is 2. The largest absolute Gasteiger partial charge is 0.573 e. The van der Waals surface area contributed by atoms with Gasteiger partial charge in [-0.15, -0.1) is 26.3 Å². The van der Waals surface area contributed by atoms with Crippen LogP contribution in [-0.4, -0.2) is 12.7 Å². The molecule has 10 heteroatoms. The van der Waals surface area contributed by atoms with E-state index >= 15 is 0 Å². The van der Waals surface area contributed by atoms with Gasteiger partial charge in [0.2, 0.25) is 0 Å². The van der Waals surface area contributed by atoms with Crippen LogP contribution >= 0.6 is 0 Å². The Kier molecular flexibility index (Phi) is 8.03. The van der Waals surface area contributed by atoms with Crippen molar-refractivity contribution in [3.63, 3.8) is 0 Å². The lowest BCUT2D eigenvalue weighted by molar-refractivity contribution is -0.275. The standard InChI is InChI=1S/C44H34F6N2O2/c1-41(2)33-23-27(15-19-37(33)51(29-11-7-5-8-12-29)39-21-17-31(25-35(39)41)53-43(45,46)47)28-16-20-38-34(24-28)42(3,4)36-26-32(54-44(48,49)50)18-22-40(36)52(38)30-13-9-6-10-14-30/h5-26H,1-4H3. The molecule has 0 bridgehead atoms. The average molecular weight is 737 g/mol. The average Bonchev–Trinajstić information content (AvgIpc) is 3.12. The summed E-state index contributed by atoms with van der Waals surface area (Å²) in [5.74, 6) is -0.600. The summed E-state index contributed by atoms with van der Waals surface area (Å²) in [4.78, 5) is 4.09. The highest BCUT2D eigenvalue weighted by molar-refractivity contribution is 5.90. The van der Waals surface area contributed by atoms with Crippen LogP contribution in [0.25, 0.3) is 11.1 Å². The Labute approximate surface area is 308 Å². The van der Waals surface area contributed by atoms with E-state index in [2.05, 4.69) is 21.6 Å². The molecule has 54 heavy (non-hydrogen) atoms. The van der Waals surface area contributed by atoms with Crippen LogP contribution in [0.1, 0.15) is 49.9 Å². The lowest BCUT2D eigenvalue weighted by Crippen LogP contribution is -2.31. The Morgan fingerprint density at radius 3 is 1.06 bits per heavy atom. The van der Waals surface area contributed by atoms with Gasteiger partial charge in [-0.3, -0.25) is 0 Å². The van der Waals surface area contributed by atoms with Gasteiger partial charge < -0.3 is 19.3 Å². The molecule has 0 atom stereocenters. The Morgan fingerprint density at radius 2 is 0.722 bits per heavy atom. The lowest BCUT2D eigenvalue weighted by atomic mass is 9.71. The Morgan fingerprint density at radius 1 is 0.407 bits per heavy atom. The number of halogens is 6. The molecular weight excluding hydrogens is 702 g/mol. The van der Waals surface area contributed by atoms with Gasteiger partial charge >= 0.3 is 12.7 Å². The van der Waals surface area contributed by atoms with Crippen molar-refractivity contribution in [2.45, 2.75) is 51.2 Å². The Hall–Kier alpha value is -5.90. The van der Waals surface area contributed by atoms with Gasteiger partial charge in [0, 0.05) is 22.2 Å². The van der Waals surface area contributed by atoms with Crippen LogP contribution in [0.3, 0.4) is 0 Å². The summed E-state index contributed by atoms with van der Waals surface area (Å²) in [5.41, 5.74) is 8.28. The highest BCUT2D eigenvalue weighted by Crippen LogP contribution is 2.56. The minimum absolute atomic E-state index is 0.300. The summed E-state index contributed by atoms with van der Waals surface area (Å²) >= 11 is 0. The quantitative estimate of drug-likeness (QED) is 0.165. The number of alkyl halides is 6. The van der Waals surface area contributed by atoms with Crippen LogP contribution in [0.2, 0.25) is 0 Å². The topological polar surface area (TPSA) is 24.9 Å². The first-order chi connectivity index (χ1) is 25.5. The van der Waals surface area contributed by atoms with Crippen molar-refractivity contribution in [2.24, 2.45) is 0 Å². The highest BCUT2D eigenvalue weighted by atomic mass is 19.4. The minimum atomic E-state index is -4.85. The molecule has 6 aromatic rings. The number of benzene rings is 6. The van der Waals surface area contributed by atoms with Crippen molar-refractivity contribution in [1.29, 1.82) is 0 Å². The number of hydrogen-bond acceptors (Lipinski definition) is 4. The van der Waals surface area contributed by atoms with Crippen molar-refractivity contribution in [3.8, 4) is 22.6 Å². The Bertz CT molecular complexity index is 2220. The van der Waals surface area contributed by atoms with Crippen molar-refractivity contribution >= 4 is 34.1 Å². The van der Waals surface area contributed by atoms with E-state index in [4.69, 9.17) is 0 Å². The van der Waals surface area contributed by atoms with Crippen LogP contribution in [0.5, 0.6) is 11.5 Å². The van der Waals surface area contributed by atoms with Crippen molar-refractivity contribution < 1.29 is 35.8 Å². The van der Waals surface area contributed by atoms with Crippen molar-refractivity contribution in [3.05, 3.63) is 156 Å². The lowest BCUT2D eigenvalue weighted by Gasteiger charge is -2.43. The molecular formula is C44H34F6N2O2. The fraction of sp³-hybridized carbons (Fsp3) is 0.182. The summed E-state index contributed by atoms with van der Waals surface area (Å²) < 4.78 is 88.9. The second kappa shape index (κ2) is 12.3. The molecule has 0 spiro atoms. The third-order valence-electron chi connectivity index (χ3n) is 10.4. The molecule has 6 aromatic carbocycles. The highest BCUT2D eigenvalue weighted by Gasteiger charge is 2.41. The summed E-state index contributed by atoms with van der Waals surface area (Å²) in [5, 5.41) is 0. The molecule has 8 rings (SSSR count). The zero-order valence-electron chi connectivity index (χ0n) is 29.7. The SMILES string of the molecule is CC1(C)c2cc(OC(F)(F)F)ccc2N(c2ccccc2)c2ccc(-c3ccc4c(c3)C(C)(C)c3cc(OC(F)(F)F)ccc3N4c3ccccc3)cc21. The van der Waals surface area contributed by atoms with E-state index < -0.39 is 23.6 Å². The molecule has 0 saturated heterocycles. The molecule has 0 saturated carbocycles. The molecule has 4 nitrogen and oxygen atoms in total. The third-order valence-corrected chi connectivity index (χ3v) is 10.4. The molecule has 2 aliphatic rings. The van der Waals surface area contributed by atoms with Gasteiger partial charge in [0.1, 0.15) is 11.5 Å². The van der Waals surface area contributed by atoms with E-state index in [1.54, 1.807) is 12.1 Å². The molecule has 0 aliphatic carbocycles. The first-order valence-corrected chi connectivity index (χ1v) is 17.3. The summed E-state index contributed by atoms with van der Waals surface area (Å²) in [6.07, 6.45) is -9.69. The van der Waals surface area contributed by atoms with E-state index in [-0.39, 0.29) is 11.5 Å². The van der Waals surface area contributed by atoms with Gasteiger partial charge in [-0.2, -0.15) is 0 Å². The molecule has 0 amide bonds. The fourth-order valence-corrected chi connectivity index (χ4v) is 7.90. The van der Waals surface area contributed by atoms with E-state index in [0.29, 0.717) is 11.1 Å². The predicted molar refractivity (Wildman–Crippen MR) is 199 cm³/mol. The van der Waals surface area contributed by atoms with Crippen molar-refractivity contribution in [2.75, 3.05) is 9.80 Å². The molecule has 0 aromatic heterocycles.